The zero-order chi connectivity index (χ0) is 13.6. The maximum absolute atomic E-state index is 12.6. The van der Waals surface area contributed by atoms with Crippen LogP contribution in [0.15, 0.2) is 22.7 Å². The second-order valence-corrected chi connectivity index (χ2v) is 6.34. The first-order valence-corrected chi connectivity index (χ1v) is 7.36. The predicted molar refractivity (Wildman–Crippen MR) is 73.9 cm³/mol. The maximum atomic E-state index is 12.6. The Morgan fingerprint density at radius 1 is 1.26 bits per heavy atom. The van der Waals surface area contributed by atoms with Gasteiger partial charge in [-0.3, -0.25) is 9.59 Å². The molecule has 3 rings (SSSR count). The lowest BCUT2D eigenvalue weighted by atomic mass is 9.85. The van der Waals surface area contributed by atoms with Crippen LogP contribution in [0.4, 0.5) is 0 Å². The quantitative estimate of drug-likeness (QED) is 0.588. The first-order valence-electron chi connectivity index (χ1n) is 6.57. The van der Waals surface area contributed by atoms with E-state index in [0.717, 1.165) is 28.4 Å². The summed E-state index contributed by atoms with van der Waals surface area (Å²) in [7, 11) is 0. The van der Waals surface area contributed by atoms with Crippen LogP contribution >= 0.6 is 15.9 Å². The largest absolute Gasteiger partial charge is 0.450 e. The third-order valence-corrected chi connectivity index (χ3v) is 4.70. The van der Waals surface area contributed by atoms with Crippen LogP contribution in [-0.2, 0) is 14.3 Å². The van der Waals surface area contributed by atoms with Crippen LogP contribution in [0, 0.1) is 6.92 Å². The van der Waals surface area contributed by atoms with Gasteiger partial charge in [-0.1, -0.05) is 22.0 Å². The maximum Gasteiger partial charge on any atom is 0.322 e. The third-order valence-electron chi connectivity index (χ3n) is 4.21. The van der Waals surface area contributed by atoms with Crippen LogP contribution in [0.25, 0.3) is 0 Å². The number of benzene rings is 1. The number of esters is 1. The van der Waals surface area contributed by atoms with Crippen LogP contribution in [0.5, 0.6) is 0 Å². The molecule has 1 saturated heterocycles. The summed E-state index contributed by atoms with van der Waals surface area (Å²) in [6, 6.07) is 5.68. The highest BCUT2D eigenvalue weighted by atomic mass is 79.9. The molecular weight excluding hydrogens is 308 g/mol. The first kappa shape index (κ1) is 12.9. The molecule has 1 heterocycles. The number of ketones is 1. The van der Waals surface area contributed by atoms with E-state index in [9.17, 15) is 9.59 Å². The minimum absolute atomic E-state index is 0.0452. The molecule has 1 atom stereocenters. The van der Waals surface area contributed by atoms with Crippen molar-refractivity contribution in [3.63, 3.8) is 0 Å². The van der Waals surface area contributed by atoms with Gasteiger partial charge in [-0.05, 0) is 55.9 Å². The van der Waals surface area contributed by atoms with Crippen molar-refractivity contribution in [3.8, 4) is 0 Å². The lowest BCUT2D eigenvalue weighted by Gasteiger charge is -2.19. The lowest BCUT2D eigenvalue weighted by molar-refractivity contribution is -0.151. The van der Waals surface area contributed by atoms with Crippen LogP contribution in [0.1, 0.15) is 42.7 Å². The zero-order valence-electron chi connectivity index (χ0n) is 10.7. The van der Waals surface area contributed by atoms with Crippen LogP contribution in [-0.4, -0.2) is 17.4 Å². The summed E-state index contributed by atoms with van der Waals surface area (Å²) >= 11 is 3.39. The molecule has 1 spiro atoms. The molecule has 1 aliphatic carbocycles. The summed E-state index contributed by atoms with van der Waals surface area (Å²) in [5.74, 6) is -1.17. The van der Waals surface area contributed by atoms with E-state index in [1.54, 1.807) is 0 Å². The van der Waals surface area contributed by atoms with Gasteiger partial charge in [0, 0.05) is 4.47 Å². The fourth-order valence-electron chi connectivity index (χ4n) is 3.16. The molecule has 100 valence electrons. The molecule has 0 aromatic heterocycles. The molecule has 1 aliphatic heterocycles. The Balaban J connectivity index is 2.03. The highest BCUT2D eigenvalue weighted by Crippen LogP contribution is 2.45. The molecule has 19 heavy (non-hydrogen) atoms. The number of hydrogen-bond acceptors (Lipinski definition) is 3. The summed E-state index contributed by atoms with van der Waals surface area (Å²) in [5, 5.41) is 0. The molecule has 2 fully saturated rings. The molecule has 3 nitrogen and oxygen atoms in total. The molecule has 0 N–H and O–H groups in total. The van der Waals surface area contributed by atoms with Gasteiger partial charge in [0.1, 0.15) is 5.92 Å². The van der Waals surface area contributed by atoms with Crippen LogP contribution in [0.2, 0.25) is 0 Å². The SMILES string of the molecule is Cc1ccc(Br)cc1C1C(=O)OC2(CCCC2)C1=O. The average molecular weight is 323 g/mol. The van der Waals surface area contributed by atoms with Crippen LogP contribution < -0.4 is 0 Å². The molecule has 1 aromatic carbocycles. The predicted octanol–water partition coefficient (Wildman–Crippen LogP) is 3.28. The molecular formula is C15H15BrO3. The van der Waals surface area contributed by atoms with Crippen molar-refractivity contribution in [2.75, 3.05) is 0 Å². The molecule has 1 aromatic rings. The highest BCUT2D eigenvalue weighted by Gasteiger charge is 2.56. The van der Waals surface area contributed by atoms with Crippen molar-refractivity contribution >= 4 is 27.7 Å². The van der Waals surface area contributed by atoms with E-state index < -0.39 is 11.5 Å². The van der Waals surface area contributed by atoms with Crippen molar-refractivity contribution in [1.82, 2.24) is 0 Å². The normalized spacial score (nSPS) is 25.1. The van der Waals surface area contributed by atoms with Gasteiger partial charge >= 0.3 is 5.97 Å². The van der Waals surface area contributed by atoms with E-state index in [4.69, 9.17) is 4.74 Å². The minimum Gasteiger partial charge on any atom is -0.450 e. The molecule has 2 aliphatic rings. The number of Topliss-reactive ketones (excluding diaryl/α,β-unsaturated/α-hetero) is 1. The van der Waals surface area contributed by atoms with E-state index in [1.807, 2.05) is 25.1 Å². The molecule has 1 saturated carbocycles. The number of ether oxygens (including phenoxy) is 1. The number of carbonyl (C=O) groups is 2. The Labute approximate surface area is 120 Å². The summed E-state index contributed by atoms with van der Waals surface area (Å²) in [6.45, 7) is 1.92. The van der Waals surface area contributed by atoms with Crippen molar-refractivity contribution < 1.29 is 14.3 Å². The Morgan fingerprint density at radius 2 is 1.95 bits per heavy atom. The second-order valence-electron chi connectivity index (χ2n) is 5.42. The molecule has 4 heteroatoms. The molecule has 1 unspecified atom stereocenters. The summed E-state index contributed by atoms with van der Waals surface area (Å²) < 4.78 is 6.36. The van der Waals surface area contributed by atoms with Crippen molar-refractivity contribution in [2.24, 2.45) is 0 Å². The van der Waals surface area contributed by atoms with Gasteiger partial charge in [0.25, 0.3) is 0 Å². The van der Waals surface area contributed by atoms with E-state index >= 15 is 0 Å². The van der Waals surface area contributed by atoms with E-state index in [1.165, 1.54) is 0 Å². The Morgan fingerprint density at radius 3 is 2.63 bits per heavy atom. The number of carbonyl (C=O) groups excluding carboxylic acids is 2. The number of aryl methyl sites for hydroxylation is 1. The molecule has 0 bridgehead atoms. The molecule has 0 amide bonds. The van der Waals surface area contributed by atoms with Crippen molar-refractivity contribution in [1.29, 1.82) is 0 Å². The second kappa shape index (κ2) is 4.44. The Kier molecular flexibility index (Phi) is 3.01. The van der Waals surface area contributed by atoms with Gasteiger partial charge in [-0.2, -0.15) is 0 Å². The van der Waals surface area contributed by atoms with Gasteiger partial charge in [0.05, 0.1) is 0 Å². The van der Waals surface area contributed by atoms with Gasteiger partial charge in [0.15, 0.2) is 11.4 Å². The van der Waals surface area contributed by atoms with E-state index in [0.29, 0.717) is 12.8 Å². The smallest absolute Gasteiger partial charge is 0.322 e. The minimum atomic E-state index is -0.823. The molecule has 0 radical (unpaired) electrons. The van der Waals surface area contributed by atoms with Crippen molar-refractivity contribution in [3.05, 3.63) is 33.8 Å². The fraction of sp³-hybridized carbons (Fsp3) is 0.467. The standard InChI is InChI=1S/C15H15BrO3/c1-9-4-5-10(16)8-11(9)12-13(17)15(19-14(12)18)6-2-3-7-15/h4-5,8,12H,2-3,6-7H2,1H3. The van der Waals surface area contributed by atoms with Gasteiger partial charge in [-0.15, -0.1) is 0 Å². The van der Waals surface area contributed by atoms with Crippen LogP contribution in [0.3, 0.4) is 0 Å². The summed E-state index contributed by atoms with van der Waals surface area (Å²) in [4.78, 5) is 24.8. The van der Waals surface area contributed by atoms with E-state index in [2.05, 4.69) is 15.9 Å². The van der Waals surface area contributed by atoms with Crippen molar-refractivity contribution in [2.45, 2.75) is 44.1 Å². The topological polar surface area (TPSA) is 43.4 Å². The summed E-state index contributed by atoms with van der Waals surface area (Å²) in [5.41, 5.74) is 0.901. The highest BCUT2D eigenvalue weighted by molar-refractivity contribution is 9.10. The lowest BCUT2D eigenvalue weighted by Crippen LogP contribution is -2.33. The van der Waals surface area contributed by atoms with Gasteiger partial charge in [-0.25, -0.2) is 0 Å². The fourth-order valence-corrected chi connectivity index (χ4v) is 3.54. The van der Waals surface area contributed by atoms with Gasteiger partial charge < -0.3 is 4.74 Å². The number of rotatable bonds is 1. The van der Waals surface area contributed by atoms with E-state index in [-0.39, 0.29) is 11.8 Å². The van der Waals surface area contributed by atoms with Gasteiger partial charge in [0.2, 0.25) is 0 Å². The number of halogens is 1. The Bertz CT molecular complexity index is 559. The average Bonchev–Trinajstić information content (AvgIpc) is 2.91. The summed E-state index contributed by atoms with van der Waals surface area (Å²) in [6.07, 6.45) is 3.29. The monoisotopic (exact) mass is 322 g/mol. The third kappa shape index (κ3) is 1.93. The zero-order valence-corrected chi connectivity index (χ0v) is 12.3. The first-order chi connectivity index (χ1) is 9.03. The Hall–Kier alpha value is -1.16. The number of hydrogen-bond donors (Lipinski definition) is 0.